The molecule has 2 nitrogen and oxygen atoms in total. The maximum atomic E-state index is 9.51. The van der Waals surface area contributed by atoms with E-state index in [0.29, 0.717) is 5.75 Å². The number of likely N-dealkylation sites (N-methyl/N-ethyl adjacent to an activating group) is 1. The lowest BCUT2D eigenvalue weighted by molar-refractivity contribution is 0.325. The van der Waals surface area contributed by atoms with E-state index in [9.17, 15) is 5.11 Å². The van der Waals surface area contributed by atoms with Gasteiger partial charge in [0.1, 0.15) is 11.4 Å². The maximum Gasteiger partial charge on any atom is 0.140 e. The summed E-state index contributed by atoms with van der Waals surface area (Å²) in [5.41, 5.74) is 2.74. The Morgan fingerprint density at radius 3 is 2.64 bits per heavy atom. The fourth-order valence-electron chi connectivity index (χ4n) is 2.54. The van der Waals surface area contributed by atoms with Crippen LogP contribution in [0.15, 0.2) is 18.2 Å². The first-order valence-electron chi connectivity index (χ1n) is 5.40. The van der Waals surface area contributed by atoms with Crippen LogP contribution in [-0.2, 0) is 6.42 Å². The highest BCUT2D eigenvalue weighted by Crippen LogP contribution is 2.36. The molecule has 0 aromatic heterocycles. The summed E-state index contributed by atoms with van der Waals surface area (Å²) in [6.45, 7) is 7.87. The zero-order valence-electron chi connectivity index (χ0n) is 8.95. The quantitative estimate of drug-likeness (QED) is 0.713. The fourth-order valence-corrected chi connectivity index (χ4v) is 2.54. The average Bonchev–Trinajstić information content (AvgIpc) is 2.57. The number of hydrogen-bond acceptors (Lipinski definition) is 1. The number of phenolic OH excluding ortho intramolecular Hbond substituents is 1. The van der Waals surface area contributed by atoms with Gasteiger partial charge in [-0.1, -0.05) is 0 Å². The number of benzene rings is 1. The second-order valence-electron chi connectivity index (χ2n) is 4.06. The predicted octanol–water partition coefficient (Wildman–Crippen LogP) is 2.30. The van der Waals surface area contributed by atoms with E-state index in [1.54, 1.807) is 6.07 Å². The van der Waals surface area contributed by atoms with Crippen molar-refractivity contribution in [2.24, 2.45) is 0 Å². The van der Waals surface area contributed by atoms with Crippen LogP contribution in [0.25, 0.3) is 0 Å². The Bertz CT molecular complexity index is 342. The third-order valence-corrected chi connectivity index (χ3v) is 3.60. The molecule has 0 fully saturated rings. The van der Waals surface area contributed by atoms with Gasteiger partial charge in [0.15, 0.2) is 0 Å². The van der Waals surface area contributed by atoms with E-state index in [1.165, 1.54) is 17.8 Å². The summed E-state index contributed by atoms with van der Waals surface area (Å²) < 4.78 is 1.03. The van der Waals surface area contributed by atoms with Crippen molar-refractivity contribution in [1.29, 1.82) is 0 Å². The molecule has 0 saturated carbocycles. The summed E-state index contributed by atoms with van der Waals surface area (Å²) in [5, 5.41) is 9.51. The van der Waals surface area contributed by atoms with Crippen molar-refractivity contribution in [3.63, 3.8) is 0 Å². The molecule has 76 valence electrons. The molecular formula is C12H18NO+. The van der Waals surface area contributed by atoms with Gasteiger partial charge in [-0.15, -0.1) is 0 Å². The zero-order chi connectivity index (χ0) is 10.2. The van der Waals surface area contributed by atoms with Crippen molar-refractivity contribution in [2.45, 2.75) is 20.3 Å². The molecule has 0 amide bonds. The highest BCUT2D eigenvalue weighted by molar-refractivity contribution is 5.57. The number of quaternary nitrogens is 1. The molecule has 0 bridgehead atoms. The van der Waals surface area contributed by atoms with Crippen molar-refractivity contribution in [2.75, 3.05) is 19.6 Å². The zero-order valence-corrected chi connectivity index (χ0v) is 8.95. The number of rotatable bonds is 2. The molecule has 14 heavy (non-hydrogen) atoms. The van der Waals surface area contributed by atoms with E-state index in [1.807, 2.05) is 6.07 Å². The van der Waals surface area contributed by atoms with Crippen LogP contribution in [0.4, 0.5) is 5.69 Å². The van der Waals surface area contributed by atoms with Crippen LogP contribution in [0.5, 0.6) is 5.75 Å². The third kappa shape index (κ3) is 1.22. The Kier molecular flexibility index (Phi) is 2.23. The summed E-state index contributed by atoms with van der Waals surface area (Å²) in [5.74, 6) is 0.398. The molecule has 1 aliphatic heterocycles. The van der Waals surface area contributed by atoms with Crippen molar-refractivity contribution in [3.8, 4) is 5.75 Å². The van der Waals surface area contributed by atoms with Crippen molar-refractivity contribution in [3.05, 3.63) is 23.8 Å². The molecule has 0 aliphatic carbocycles. The third-order valence-electron chi connectivity index (χ3n) is 3.60. The second-order valence-corrected chi connectivity index (χ2v) is 4.06. The standard InChI is InChI=1S/C12H17NO/c1-3-13(4-2)8-7-10-5-6-11(14)9-12(10)13/h5-6,9H,3-4,7-8H2,1-2H3/p+1. The lowest BCUT2D eigenvalue weighted by atomic mass is 10.1. The topological polar surface area (TPSA) is 20.2 Å². The van der Waals surface area contributed by atoms with Crippen LogP contribution in [0, 0.1) is 0 Å². The van der Waals surface area contributed by atoms with Gasteiger partial charge in [0.05, 0.1) is 19.6 Å². The molecule has 0 spiro atoms. The molecule has 2 heteroatoms. The lowest BCUT2D eigenvalue weighted by Gasteiger charge is -2.32. The van der Waals surface area contributed by atoms with Crippen molar-refractivity contribution < 1.29 is 5.11 Å². The summed E-state index contributed by atoms with van der Waals surface area (Å²) >= 11 is 0. The molecule has 1 N–H and O–H groups in total. The second kappa shape index (κ2) is 3.28. The molecule has 1 heterocycles. The van der Waals surface area contributed by atoms with E-state index >= 15 is 0 Å². The van der Waals surface area contributed by atoms with Crippen molar-refractivity contribution in [1.82, 2.24) is 4.48 Å². The average molecular weight is 192 g/mol. The first kappa shape index (κ1) is 9.53. The first-order chi connectivity index (χ1) is 6.72. The van der Waals surface area contributed by atoms with E-state index in [4.69, 9.17) is 0 Å². The van der Waals surface area contributed by atoms with Gasteiger partial charge >= 0.3 is 0 Å². The number of aromatic hydroxyl groups is 1. The highest BCUT2D eigenvalue weighted by Gasteiger charge is 2.35. The smallest absolute Gasteiger partial charge is 0.140 e. The summed E-state index contributed by atoms with van der Waals surface area (Å²) in [4.78, 5) is 0. The molecule has 0 saturated heterocycles. The van der Waals surface area contributed by atoms with Gasteiger partial charge in [-0.3, -0.25) is 4.48 Å². The molecule has 2 rings (SSSR count). The Balaban J connectivity index is 2.51. The lowest BCUT2D eigenvalue weighted by Crippen LogP contribution is -2.47. The molecule has 0 atom stereocenters. The normalized spacial score (nSPS) is 18.1. The van der Waals surface area contributed by atoms with Gasteiger partial charge in [-0.25, -0.2) is 0 Å². The van der Waals surface area contributed by atoms with Crippen LogP contribution < -0.4 is 4.48 Å². The van der Waals surface area contributed by atoms with Gasteiger partial charge in [-0.2, -0.15) is 0 Å². The van der Waals surface area contributed by atoms with E-state index in [2.05, 4.69) is 19.9 Å². The summed E-state index contributed by atoms with van der Waals surface area (Å²) in [6, 6.07) is 5.80. The Hall–Kier alpha value is -1.02. The maximum absolute atomic E-state index is 9.51. The first-order valence-corrected chi connectivity index (χ1v) is 5.40. The number of fused-ring (bicyclic) bond motifs is 1. The molecule has 0 unspecified atom stereocenters. The molecule has 1 aromatic carbocycles. The van der Waals surface area contributed by atoms with Crippen molar-refractivity contribution >= 4 is 5.69 Å². The Morgan fingerprint density at radius 2 is 2.00 bits per heavy atom. The minimum absolute atomic E-state index is 0.398. The minimum atomic E-state index is 0.398. The number of hydrogen-bond donors (Lipinski definition) is 1. The summed E-state index contributed by atoms with van der Waals surface area (Å²) in [7, 11) is 0. The largest absolute Gasteiger partial charge is 0.508 e. The van der Waals surface area contributed by atoms with E-state index < -0.39 is 0 Å². The van der Waals surface area contributed by atoms with Gasteiger partial charge in [0, 0.05) is 18.1 Å². The molecular weight excluding hydrogens is 174 g/mol. The van der Waals surface area contributed by atoms with E-state index in [0.717, 1.165) is 24.0 Å². The van der Waals surface area contributed by atoms with Gasteiger partial charge < -0.3 is 5.11 Å². The Morgan fingerprint density at radius 1 is 1.29 bits per heavy atom. The number of phenols is 1. The van der Waals surface area contributed by atoms with Gasteiger partial charge in [0.2, 0.25) is 0 Å². The van der Waals surface area contributed by atoms with Gasteiger partial charge in [-0.05, 0) is 26.0 Å². The predicted molar refractivity (Wildman–Crippen MR) is 59.6 cm³/mol. The van der Waals surface area contributed by atoms with Gasteiger partial charge in [0.25, 0.3) is 0 Å². The monoisotopic (exact) mass is 192 g/mol. The van der Waals surface area contributed by atoms with Crippen LogP contribution in [0.3, 0.4) is 0 Å². The molecule has 1 aliphatic rings. The number of nitrogens with zero attached hydrogens (tertiary/aromatic N) is 1. The molecule has 0 radical (unpaired) electrons. The van der Waals surface area contributed by atoms with Crippen LogP contribution in [-0.4, -0.2) is 24.7 Å². The molecule has 1 aromatic rings. The van der Waals surface area contributed by atoms with E-state index in [-0.39, 0.29) is 0 Å². The Labute approximate surface area is 85.4 Å². The SMILES string of the molecule is CC[N+]1(CC)CCc2ccc(O)cc21. The van der Waals surface area contributed by atoms with Crippen LogP contribution in [0.2, 0.25) is 0 Å². The highest BCUT2D eigenvalue weighted by atomic mass is 16.3. The van der Waals surface area contributed by atoms with Crippen LogP contribution >= 0.6 is 0 Å². The minimum Gasteiger partial charge on any atom is -0.508 e. The summed E-state index contributed by atoms with van der Waals surface area (Å²) in [6.07, 6.45) is 1.15. The fraction of sp³-hybridized carbons (Fsp3) is 0.500. The van der Waals surface area contributed by atoms with Crippen LogP contribution in [0.1, 0.15) is 19.4 Å².